The standard InChI is InChI=1S/C10H19NO/c1-7(2)8-5-4-6-9(11-3)10(8)12/h7-9,11H,4-6H2,1-3H3. The zero-order valence-electron chi connectivity index (χ0n) is 8.26. The Morgan fingerprint density at radius 1 is 1.42 bits per heavy atom. The zero-order valence-corrected chi connectivity index (χ0v) is 8.26. The van der Waals surface area contributed by atoms with E-state index in [0.29, 0.717) is 17.6 Å². The fourth-order valence-corrected chi connectivity index (χ4v) is 2.03. The number of Topliss-reactive ketones (excluding diaryl/α,β-unsaturated/α-hetero) is 1. The molecule has 0 aromatic rings. The molecule has 1 aliphatic rings. The van der Waals surface area contributed by atoms with Gasteiger partial charge < -0.3 is 5.32 Å². The summed E-state index contributed by atoms with van der Waals surface area (Å²) in [4.78, 5) is 11.7. The first-order valence-electron chi connectivity index (χ1n) is 4.87. The van der Waals surface area contributed by atoms with Crippen molar-refractivity contribution in [2.24, 2.45) is 11.8 Å². The maximum atomic E-state index is 11.7. The SMILES string of the molecule is CNC1CCCC(C(C)C)C1=O. The van der Waals surface area contributed by atoms with Gasteiger partial charge in [-0.15, -0.1) is 0 Å². The Morgan fingerprint density at radius 2 is 2.08 bits per heavy atom. The predicted molar refractivity (Wildman–Crippen MR) is 50.0 cm³/mol. The summed E-state index contributed by atoms with van der Waals surface area (Å²) in [6.45, 7) is 4.28. The average molecular weight is 169 g/mol. The molecule has 1 N–H and O–H groups in total. The van der Waals surface area contributed by atoms with Crippen LogP contribution in [-0.2, 0) is 4.79 Å². The van der Waals surface area contributed by atoms with Crippen LogP contribution in [0.5, 0.6) is 0 Å². The summed E-state index contributed by atoms with van der Waals surface area (Å²) in [6, 6.07) is 0.131. The lowest BCUT2D eigenvalue weighted by atomic mass is 9.78. The van der Waals surface area contributed by atoms with Crippen LogP contribution in [0.2, 0.25) is 0 Å². The van der Waals surface area contributed by atoms with Crippen molar-refractivity contribution in [2.75, 3.05) is 7.05 Å². The average Bonchev–Trinajstić information content (AvgIpc) is 2.04. The summed E-state index contributed by atoms with van der Waals surface area (Å²) in [7, 11) is 1.88. The van der Waals surface area contributed by atoms with Crippen LogP contribution in [0.25, 0.3) is 0 Å². The molecule has 0 heterocycles. The maximum Gasteiger partial charge on any atom is 0.153 e. The summed E-state index contributed by atoms with van der Waals surface area (Å²) in [5.74, 6) is 1.24. The summed E-state index contributed by atoms with van der Waals surface area (Å²) in [6.07, 6.45) is 3.31. The van der Waals surface area contributed by atoms with Crippen molar-refractivity contribution >= 4 is 5.78 Å². The molecule has 70 valence electrons. The summed E-state index contributed by atoms with van der Waals surface area (Å²) < 4.78 is 0. The highest BCUT2D eigenvalue weighted by molar-refractivity contribution is 5.87. The lowest BCUT2D eigenvalue weighted by Crippen LogP contribution is -2.43. The third-order valence-electron chi connectivity index (χ3n) is 2.87. The zero-order chi connectivity index (χ0) is 9.14. The largest absolute Gasteiger partial charge is 0.311 e. The molecule has 0 spiro atoms. The van der Waals surface area contributed by atoms with Gasteiger partial charge >= 0.3 is 0 Å². The molecular weight excluding hydrogens is 150 g/mol. The van der Waals surface area contributed by atoms with Crippen LogP contribution in [0.1, 0.15) is 33.1 Å². The van der Waals surface area contributed by atoms with Crippen molar-refractivity contribution in [3.63, 3.8) is 0 Å². The fourth-order valence-electron chi connectivity index (χ4n) is 2.03. The van der Waals surface area contributed by atoms with E-state index in [1.807, 2.05) is 7.05 Å². The number of hydrogen-bond donors (Lipinski definition) is 1. The highest BCUT2D eigenvalue weighted by Crippen LogP contribution is 2.26. The summed E-state index contributed by atoms with van der Waals surface area (Å²) in [5.41, 5.74) is 0. The Hall–Kier alpha value is -0.370. The molecule has 0 radical (unpaired) electrons. The Bertz CT molecular complexity index is 165. The Balaban J connectivity index is 2.59. The van der Waals surface area contributed by atoms with Gasteiger partial charge in [-0.05, 0) is 25.8 Å². The van der Waals surface area contributed by atoms with E-state index < -0.39 is 0 Å². The van der Waals surface area contributed by atoms with Gasteiger partial charge in [-0.25, -0.2) is 0 Å². The van der Waals surface area contributed by atoms with Crippen molar-refractivity contribution in [1.29, 1.82) is 0 Å². The Morgan fingerprint density at radius 3 is 2.58 bits per heavy atom. The number of ketones is 1. The lowest BCUT2D eigenvalue weighted by molar-refractivity contribution is -0.128. The lowest BCUT2D eigenvalue weighted by Gasteiger charge is -2.29. The fraction of sp³-hybridized carbons (Fsp3) is 0.900. The Kier molecular flexibility index (Phi) is 3.27. The van der Waals surface area contributed by atoms with E-state index in [0.717, 1.165) is 12.8 Å². The molecule has 2 atom stereocenters. The van der Waals surface area contributed by atoms with Crippen molar-refractivity contribution in [2.45, 2.75) is 39.2 Å². The molecule has 0 bridgehead atoms. The van der Waals surface area contributed by atoms with Gasteiger partial charge in [0.1, 0.15) is 0 Å². The van der Waals surface area contributed by atoms with Crippen LogP contribution in [-0.4, -0.2) is 18.9 Å². The van der Waals surface area contributed by atoms with E-state index in [1.54, 1.807) is 0 Å². The molecule has 2 heteroatoms. The number of likely N-dealkylation sites (N-methyl/N-ethyl adjacent to an activating group) is 1. The van der Waals surface area contributed by atoms with Gasteiger partial charge in [0.05, 0.1) is 6.04 Å². The van der Waals surface area contributed by atoms with Gasteiger partial charge in [0.2, 0.25) is 0 Å². The van der Waals surface area contributed by atoms with E-state index in [9.17, 15) is 4.79 Å². The van der Waals surface area contributed by atoms with E-state index in [1.165, 1.54) is 6.42 Å². The number of hydrogen-bond acceptors (Lipinski definition) is 2. The van der Waals surface area contributed by atoms with Crippen molar-refractivity contribution in [3.8, 4) is 0 Å². The second-order valence-electron chi connectivity index (χ2n) is 4.03. The first kappa shape index (κ1) is 9.72. The molecule has 1 rings (SSSR count). The van der Waals surface area contributed by atoms with Gasteiger partial charge in [0.15, 0.2) is 5.78 Å². The normalized spacial score (nSPS) is 31.2. The van der Waals surface area contributed by atoms with Gasteiger partial charge in [-0.1, -0.05) is 20.3 Å². The minimum atomic E-state index is 0.131. The number of rotatable bonds is 2. The van der Waals surface area contributed by atoms with Crippen molar-refractivity contribution < 1.29 is 4.79 Å². The van der Waals surface area contributed by atoms with Gasteiger partial charge in [0.25, 0.3) is 0 Å². The van der Waals surface area contributed by atoms with Crippen molar-refractivity contribution in [1.82, 2.24) is 5.32 Å². The minimum absolute atomic E-state index is 0.131. The summed E-state index contributed by atoms with van der Waals surface area (Å²) in [5, 5.41) is 3.09. The van der Waals surface area contributed by atoms with Crippen LogP contribution < -0.4 is 5.32 Å². The van der Waals surface area contributed by atoms with Crippen LogP contribution in [0, 0.1) is 11.8 Å². The molecule has 0 aliphatic heterocycles. The second-order valence-corrected chi connectivity index (χ2v) is 4.03. The smallest absolute Gasteiger partial charge is 0.153 e. The number of carbonyl (C=O) groups is 1. The van der Waals surface area contributed by atoms with Crippen LogP contribution >= 0.6 is 0 Å². The van der Waals surface area contributed by atoms with Crippen LogP contribution in [0.4, 0.5) is 0 Å². The Labute approximate surface area is 74.7 Å². The summed E-state index contributed by atoms with van der Waals surface area (Å²) >= 11 is 0. The van der Waals surface area contributed by atoms with E-state index in [-0.39, 0.29) is 6.04 Å². The molecule has 0 amide bonds. The van der Waals surface area contributed by atoms with Crippen LogP contribution in [0.3, 0.4) is 0 Å². The molecule has 0 aromatic heterocycles. The molecular formula is C10H19NO. The first-order valence-corrected chi connectivity index (χ1v) is 4.87. The third-order valence-corrected chi connectivity index (χ3v) is 2.87. The maximum absolute atomic E-state index is 11.7. The monoisotopic (exact) mass is 169 g/mol. The second kappa shape index (κ2) is 4.04. The van der Waals surface area contributed by atoms with Gasteiger partial charge in [0, 0.05) is 5.92 Å². The topological polar surface area (TPSA) is 29.1 Å². The van der Waals surface area contributed by atoms with E-state index in [4.69, 9.17) is 0 Å². The molecule has 0 saturated heterocycles. The molecule has 1 saturated carbocycles. The molecule has 12 heavy (non-hydrogen) atoms. The molecule has 2 unspecified atom stereocenters. The van der Waals surface area contributed by atoms with Crippen LogP contribution in [0.15, 0.2) is 0 Å². The van der Waals surface area contributed by atoms with E-state index in [2.05, 4.69) is 19.2 Å². The number of carbonyl (C=O) groups excluding carboxylic acids is 1. The third kappa shape index (κ3) is 1.86. The van der Waals surface area contributed by atoms with Gasteiger partial charge in [-0.2, -0.15) is 0 Å². The predicted octanol–water partition coefficient (Wildman–Crippen LogP) is 1.60. The molecule has 2 nitrogen and oxygen atoms in total. The number of nitrogens with one attached hydrogen (secondary N) is 1. The first-order chi connectivity index (χ1) is 5.66. The minimum Gasteiger partial charge on any atom is -0.311 e. The quantitative estimate of drug-likeness (QED) is 0.680. The highest BCUT2D eigenvalue weighted by atomic mass is 16.1. The highest BCUT2D eigenvalue weighted by Gasteiger charge is 2.31. The van der Waals surface area contributed by atoms with E-state index >= 15 is 0 Å². The van der Waals surface area contributed by atoms with Crippen molar-refractivity contribution in [3.05, 3.63) is 0 Å². The molecule has 1 aliphatic carbocycles. The van der Waals surface area contributed by atoms with Gasteiger partial charge in [-0.3, -0.25) is 4.79 Å². The molecule has 1 fully saturated rings. The molecule has 0 aromatic carbocycles.